The first kappa shape index (κ1) is 24.1. The van der Waals surface area contributed by atoms with E-state index in [1.54, 1.807) is 30.3 Å². The number of rotatable bonds is 4. The molecule has 1 saturated heterocycles. The van der Waals surface area contributed by atoms with Crippen molar-refractivity contribution in [2.75, 3.05) is 33.2 Å². The zero-order chi connectivity index (χ0) is 24.9. The third kappa shape index (κ3) is 4.54. The summed E-state index contributed by atoms with van der Waals surface area (Å²) in [5, 5.41) is 12.2. The highest BCUT2D eigenvalue weighted by Gasteiger charge is 2.41. The van der Waals surface area contributed by atoms with Crippen LogP contribution in [0.3, 0.4) is 0 Å². The number of carbonyl (C=O) groups is 2. The lowest BCUT2D eigenvalue weighted by molar-refractivity contribution is -0.143. The summed E-state index contributed by atoms with van der Waals surface area (Å²) in [5.74, 6) is -1.73. The average molecular weight is 535 g/mol. The van der Waals surface area contributed by atoms with Crippen molar-refractivity contribution in [1.29, 1.82) is 0 Å². The molecule has 0 radical (unpaired) electrons. The van der Waals surface area contributed by atoms with Gasteiger partial charge in [-0.2, -0.15) is 4.31 Å². The van der Waals surface area contributed by atoms with E-state index in [4.69, 9.17) is 11.6 Å². The molecule has 2 aliphatic rings. The number of amides is 1. The fraction of sp³-hybridized carbons (Fsp3) is 0.348. The van der Waals surface area contributed by atoms with Gasteiger partial charge in [0.2, 0.25) is 10.0 Å². The van der Waals surface area contributed by atoms with Crippen LogP contribution >= 0.6 is 22.9 Å². The number of hydrogen-bond acceptors (Lipinski definition) is 7. The molecule has 1 aromatic heterocycles. The molecule has 1 N–H and O–H groups in total. The van der Waals surface area contributed by atoms with Crippen LogP contribution in [0.15, 0.2) is 41.3 Å². The maximum atomic E-state index is 13.4. The van der Waals surface area contributed by atoms with Crippen molar-refractivity contribution in [2.45, 2.75) is 23.9 Å². The van der Waals surface area contributed by atoms with E-state index in [1.165, 1.54) is 22.3 Å². The van der Waals surface area contributed by atoms with Gasteiger partial charge in [-0.05, 0) is 42.1 Å². The number of sulfonamides is 1. The first-order chi connectivity index (χ1) is 16.6. The van der Waals surface area contributed by atoms with Crippen LogP contribution in [-0.2, 0) is 27.8 Å². The fourth-order valence-electron chi connectivity index (χ4n) is 4.47. The maximum Gasteiger partial charge on any atom is 0.327 e. The van der Waals surface area contributed by atoms with E-state index in [-0.39, 0.29) is 29.5 Å². The lowest BCUT2D eigenvalue weighted by Gasteiger charge is -2.38. The molecular formula is C23H23ClN4O5S2. The molecule has 2 aliphatic heterocycles. The number of carboxylic acid groups (broad SMARTS) is 1. The van der Waals surface area contributed by atoms with Crippen LogP contribution < -0.4 is 0 Å². The molecule has 1 amide bonds. The number of benzene rings is 2. The van der Waals surface area contributed by atoms with E-state index in [0.29, 0.717) is 17.0 Å². The second-order valence-corrected chi connectivity index (χ2v) is 12.2. The summed E-state index contributed by atoms with van der Waals surface area (Å²) in [5.41, 5.74) is 0.877. The second-order valence-electron chi connectivity index (χ2n) is 8.75. The highest BCUT2D eigenvalue weighted by molar-refractivity contribution is 7.89. The minimum Gasteiger partial charge on any atom is -0.480 e. The predicted octanol–water partition coefficient (Wildman–Crippen LogP) is 2.54. The van der Waals surface area contributed by atoms with Gasteiger partial charge in [0, 0.05) is 49.0 Å². The molecule has 0 bridgehead atoms. The molecule has 2 aromatic carbocycles. The molecule has 0 aliphatic carbocycles. The standard InChI is InChI=1S/C23H23ClN4O5S2/c1-26-7-6-18-20(13-26)34-21(25-18)22(29)28-9-8-27(12-19(28)23(30)31)35(32,33)17-5-3-14-10-16(24)4-2-15(14)11-17/h2-5,10-11,19H,6-9,12-13H2,1H3,(H,30,31). The molecule has 12 heteroatoms. The normalized spacial score (nSPS) is 19.6. The third-order valence-electron chi connectivity index (χ3n) is 6.41. The highest BCUT2D eigenvalue weighted by atomic mass is 35.5. The van der Waals surface area contributed by atoms with E-state index < -0.39 is 27.9 Å². The Morgan fingerprint density at radius 2 is 1.86 bits per heavy atom. The summed E-state index contributed by atoms with van der Waals surface area (Å²) in [7, 11) is -1.98. The topological polar surface area (TPSA) is 111 Å². The lowest BCUT2D eigenvalue weighted by Crippen LogP contribution is -2.59. The van der Waals surface area contributed by atoms with Crippen molar-refractivity contribution in [1.82, 2.24) is 19.1 Å². The zero-order valence-electron chi connectivity index (χ0n) is 18.8. The summed E-state index contributed by atoms with van der Waals surface area (Å²) < 4.78 is 27.9. The minimum atomic E-state index is -3.97. The molecular weight excluding hydrogens is 512 g/mol. The predicted molar refractivity (Wildman–Crippen MR) is 132 cm³/mol. The zero-order valence-corrected chi connectivity index (χ0v) is 21.2. The SMILES string of the molecule is CN1CCc2nc(C(=O)N3CCN(S(=O)(=O)c4ccc5cc(Cl)ccc5c4)CC3C(=O)O)sc2C1. The molecule has 0 spiro atoms. The molecule has 1 fully saturated rings. The molecule has 1 atom stereocenters. The minimum absolute atomic E-state index is 0.00959. The number of likely N-dealkylation sites (N-methyl/N-ethyl adjacent to an activating group) is 1. The number of hydrogen-bond donors (Lipinski definition) is 1. The molecule has 1 unspecified atom stereocenters. The van der Waals surface area contributed by atoms with Crippen LogP contribution in [0.5, 0.6) is 0 Å². The van der Waals surface area contributed by atoms with Gasteiger partial charge in [0.15, 0.2) is 5.01 Å². The number of thiazole rings is 1. The first-order valence-corrected chi connectivity index (χ1v) is 13.7. The lowest BCUT2D eigenvalue weighted by atomic mass is 10.1. The molecule has 184 valence electrons. The monoisotopic (exact) mass is 534 g/mol. The Kier molecular flexibility index (Phi) is 6.30. The van der Waals surface area contributed by atoms with Crippen molar-refractivity contribution < 1.29 is 23.1 Å². The van der Waals surface area contributed by atoms with Crippen molar-refractivity contribution in [3.05, 3.63) is 57.0 Å². The Hall–Kier alpha value is -2.57. The Morgan fingerprint density at radius 3 is 2.63 bits per heavy atom. The van der Waals surface area contributed by atoms with Crippen molar-refractivity contribution in [3.63, 3.8) is 0 Å². The van der Waals surface area contributed by atoms with Crippen LogP contribution in [0.4, 0.5) is 0 Å². The molecule has 35 heavy (non-hydrogen) atoms. The summed E-state index contributed by atoms with van der Waals surface area (Å²) in [6.45, 7) is 1.16. The van der Waals surface area contributed by atoms with Gasteiger partial charge in [-0.15, -0.1) is 11.3 Å². The van der Waals surface area contributed by atoms with Gasteiger partial charge >= 0.3 is 5.97 Å². The van der Waals surface area contributed by atoms with Gasteiger partial charge < -0.3 is 14.9 Å². The summed E-state index contributed by atoms with van der Waals surface area (Å²) >= 11 is 7.30. The maximum absolute atomic E-state index is 13.4. The first-order valence-electron chi connectivity index (χ1n) is 11.0. The molecule has 0 saturated carbocycles. The van der Waals surface area contributed by atoms with Gasteiger partial charge in [0.25, 0.3) is 5.91 Å². The molecule has 3 heterocycles. The van der Waals surface area contributed by atoms with Gasteiger partial charge in [-0.25, -0.2) is 18.2 Å². The number of aromatic nitrogens is 1. The average Bonchev–Trinajstić information content (AvgIpc) is 3.26. The quantitative estimate of drug-likeness (QED) is 0.547. The van der Waals surface area contributed by atoms with Crippen LogP contribution in [0.1, 0.15) is 20.4 Å². The number of nitrogens with zero attached hydrogens (tertiary/aromatic N) is 4. The fourth-order valence-corrected chi connectivity index (χ4v) is 7.27. The van der Waals surface area contributed by atoms with Gasteiger partial charge in [-0.1, -0.05) is 23.7 Å². The summed E-state index contributed by atoms with van der Waals surface area (Å²) in [4.78, 5) is 34.2. The van der Waals surface area contributed by atoms with E-state index >= 15 is 0 Å². The number of carboxylic acids is 1. The molecule has 5 rings (SSSR count). The van der Waals surface area contributed by atoms with Crippen molar-refractivity contribution >= 4 is 55.6 Å². The van der Waals surface area contributed by atoms with Gasteiger partial charge in [0.1, 0.15) is 6.04 Å². The van der Waals surface area contributed by atoms with Gasteiger partial charge in [-0.3, -0.25) is 4.79 Å². The Morgan fingerprint density at radius 1 is 1.11 bits per heavy atom. The Bertz CT molecular complexity index is 1440. The number of aliphatic carboxylic acids is 1. The summed E-state index contributed by atoms with van der Waals surface area (Å²) in [6, 6.07) is 8.55. The smallest absolute Gasteiger partial charge is 0.327 e. The van der Waals surface area contributed by atoms with Crippen LogP contribution in [0.25, 0.3) is 10.8 Å². The third-order valence-corrected chi connectivity index (χ3v) is 9.57. The summed E-state index contributed by atoms with van der Waals surface area (Å²) in [6.07, 6.45) is 0.738. The second kappa shape index (κ2) is 9.14. The molecule has 3 aromatic rings. The van der Waals surface area contributed by atoms with Crippen LogP contribution in [0.2, 0.25) is 5.02 Å². The Labute approximate surface area is 211 Å². The number of fused-ring (bicyclic) bond motifs is 2. The molecule has 9 nitrogen and oxygen atoms in total. The van der Waals surface area contributed by atoms with Crippen molar-refractivity contribution in [3.8, 4) is 0 Å². The van der Waals surface area contributed by atoms with E-state index in [9.17, 15) is 23.1 Å². The highest BCUT2D eigenvalue weighted by Crippen LogP contribution is 2.29. The van der Waals surface area contributed by atoms with Crippen molar-refractivity contribution in [2.24, 2.45) is 0 Å². The van der Waals surface area contributed by atoms with E-state index in [2.05, 4.69) is 9.88 Å². The number of carbonyl (C=O) groups excluding carboxylic acids is 1. The van der Waals surface area contributed by atoms with E-state index in [1.807, 2.05) is 7.05 Å². The number of halogens is 1. The van der Waals surface area contributed by atoms with Crippen LogP contribution in [0, 0.1) is 0 Å². The Balaban J connectivity index is 1.39. The largest absolute Gasteiger partial charge is 0.480 e. The number of piperazine rings is 1. The van der Waals surface area contributed by atoms with Gasteiger partial charge in [0.05, 0.1) is 10.6 Å². The van der Waals surface area contributed by atoms with Crippen LogP contribution in [-0.4, -0.2) is 83.8 Å². The van der Waals surface area contributed by atoms with E-state index in [0.717, 1.165) is 33.2 Å².